The molecule has 2 aromatic rings. The Morgan fingerprint density at radius 3 is 2.59 bits per heavy atom. The van der Waals surface area contributed by atoms with E-state index in [0.29, 0.717) is 16.6 Å². The zero-order valence-corrected chi connectivity index (χ0v) is 9.50. The van der Waals surface area contributed by atoms with E-state index in [-0.39, 0.29) is 16.7 Å². The third-order valence-electron chi connectivity index (χ3n) is 2.85. The third kappa shape index (κ3) is 1.56. The summed E-state index contributed by atoms with van der Waals surface area (Å²) >= 11 is 0. The van der Waals surface area contributed by atoms with Gasteiger partial charge in [0.2, 0.25) is 0 Å². The van der Waals surface area contributed by atoms with Crippen LogP contribution in [0.15, 0.2) is 16.9 Å². The lowest BCUT2D eigenvalue weighted by molar-refractivity contribution is 0.0690. The number of aromatic nitrogens is 1. The maximum atomic E-state index is 12.1. The molecule has 0 amide bonds. The summed E-state index contributed by atoms with van der Waals surface area (Å²) in [4.78, 5) is 25.8. The fraction of sp³-hybridized carbons (Fsp3) is 0.167. The molecule has 1 aromatic heterocycles. The zero-order valence-electron chi connectivity index (χ0n) is 9.50. The Labute approximate surface area is 96.9 Å². The van der Waals surface area contributed by atoms with Crippen LogP contribution < -0.4 is 11.2 Å². The number of hydrogen-bond acceptors (Lipinski definition) is 3. The number of carboxylic acids is 1. The van der Waals surface area contributed by atoms with Crippen molar-refractivity contribution in [1.82, 2.24) is 4.98 Å². The zero-order chi connectivity index (χ0) is 12.7. The van der Waals surface area contributed by atoms with Gasteiger partial charge < -0.3 is 15.8 Å². The molecule has 0 aliphatic carbocycles. The molecule has 0 saturated heterocycles. The molecule has 0 radical (unpaired) electrons. The minimum Gasteiger partial charge on any atom is -0.477 e. The number of fused-ring (bicyclic) bond motifs is 1. The van der Waals surface area contributed by atoms with Crippen LogP contribution in [0.1, 0.15) is 21.6 Å². The third-order valence-corrected chi connectivity index (χ3v) is 2.85. The van der Waals surface area contributed by atoms with Crippen LogP contribution in [-0.2, 0) is 0 Å². The van der Waals surface area contributed by atoms with E-state index in [0.717, 1.165) is 5.56 Å². The highest BCUT2D eigenvalue weighted by atomic mass is 16.4. The van der Waals surface area contributed by atoms with E-state index >= 15 is 0 Å². The van der Waals surface area contributed by atoms with Crippen molar-refractivity contribution in [2.24, 2.45) is 0 Å². The van der Waals surface area contributed by atoms with E-state index in [9.17, 15) is 9.59 Å². The van der Waals surface area contributed by atoms with Crippen molar-refractivity contribution in [1.29, 1.82) is 0 Å². The van der Waals surface area contributed by atoms with Crippen molar-refractivity contribution in [2.75, 3.05) is 5.73 Å². The quantitative estimate of drug-likeness (QED) is 0.648. The Hall–Kier alpha value is -2.30. The molecule has 2 rings (SSSR count). The van der Waals surface area contributed by atoms with Gasteiger partial charge in [0, 0.05) is 5.56 Å². The highest BCUT2D eigenvalue weighted by Gasteiger charge is 2.15. The SMILES string of the molecule is Cc1c(C(=O)O)[nH]c2c(N)ccc(C)c2c1=O. The minimum absolute atomic E-state index is 0.111. The molecule has 17 heavy (non-hydrogen) atoms. The number of hydrogen-bond donors (Lipinski definition) is 3. The van der Waals surface area contributed by atoms with Gasteiger partial charge >= 0.3 is 5.97 Å². The van der Waals surface area contributed by atoms with E-state index in [4.69, 9.17) is 10.8 Å². The lowest BCUT2D eigenvalue weighted by atomic mass is 10.0. The Kier molecular flexibility index (Phi) is 2.38. The van der Waals surface area contributed by atoms with Gasteiger partial charge in [-0.2, -0.15) is 0 Å². The summed E-state index contributed by atoms with van der Waals surface area (Å²) in [6.07, 6.45) is 0. The molecule has 1 aromatic carbocycles. The average Bonchev–Trinajstić information content (AvgIpc) is 2.27. The van der Waals surface area contributed by atoms with Crippen molar-refractivity contribution >= 4 is 22.6 Å². The van der Waals surface area contributed by atoms with Crippen LogP contribution in [0.2, 0.25) is 0 Å². The highest BCUT2D eigenvalue weighted by molar-refractivity contribution is 5.96. The van der Waals surface area contributed by atoms with Gasteiger partial charge in [0.15, 0.2) is 5.43 Å². The van der Waals surface area contributed by atoms with Gasteiger partial charge in [-0.3, -0.25) is 4.79 Å². The normalized spacial score (nSPS) is 10.7. The maximum Gasteiger partial charge on any atom is 0.352 e. The van der Waals surface area contributed by atoms with Crippen LogP contribution in [0.4, 0.5) is 5.69 Å². The van der Waals surface area contributed by atoms with Gasteiger partial charge in [-0.15, -0.1) is 0 Å². The highest BCUT2D eigenvalue weighted by Crippen LogP contribution is 2.21. The predicted octanol–water partition coefficient (Wildman–Crippen LogP) is 1.43. The molecule has 4 N–H and O–H groups in total. The molecule has 0 aliphatic heterocycles. The first-order valence-electron chi connectivity index (χ1n) is 5.08. The molecule has 88 valence electrons. The molecule has 0 unspecified atom stereocenters. The van der Waals surface area contributed by atoms with Crippen LogP contribution in [0, 0.1) is 13.8 Å². The number of carbonyl (C=O) groups is 1. The molecule has 5 nitrogen and oxygen atoms in total. The lowest BCUT2D eigenvalue weighted by Gasteiger charge is -2.08. The number of rotatable bonds is 1. The van der Waals surface area contributed by atoms with Crippen molar-refractivity contribution < 1.29 is 9.90 Å². The molecule has 0 aliphatic rings. The van der Waals surface area contributed by atoms with Gasteiger partial charge in [-0.1, -0.05) is 6.07 Å². The monoisotopic (exact) mass is 232 g/mol. The van der Waals surface area contributed by atoms with Crippen LogP contribution in [0.25, 0.3) is 10.9 Å². The fourth-order valence-corrected chi connectivity index (χ4v) is 1.88. The number of aromatic carboxylic acids is 1. The second-order valence-electron chi connectivity index (χ2n) is 3.98. The summed E-state index contributed by atoms with van der Waals surface area (Å²) in [6, 6.07) is 3.39. The van der Waals surface area contributed by atoms with E-state index in [1.54, 1.807) is 19.1 Å². The smallest absolute Gasteiger partial charge is 0.352 e. The number of aromatic amines is 1. The van der Waals surface area contributed by atoms with Crippen molar-refractivity contribution in [3.8, 4) is 0 Å². The Morgan fingerprint density at radius 2 is 2.00 bits per heavy atom. The van der Waals surface area contributed by atoms with Crippen LogP contribution in [-0.4, -0.2) is 16.1 Å². The number of nitrogens with one attached hydrogen (secondary N) is 1. The minimum atomic E-state index is -1.16. The first-order valence-corrected chi connectivity index (χ1v) is 5.08. The van der Waals surface area contributed by atoms with Crippen LogP contribution in [0.5, 0.6) is 0 Å². The van der Waals surface area contributed by atoms with Gasteiger partial charge in [0.1, 0.15) is 5.69 Å². The number of benzene rings is 1. The molecular weight excluding hydrogens is 220 g/mol. The molecule has 0 saturated carbocycles. The summed E-state index contributed by atoms with van der Waals surface area (Å²) in [6.45, 7) is 3.28. The van der Waals surface area contributed by atoms with E-state index < -0.39 is 5.97 Å². The van der Waals surface area contributed by atoms with Gasteiger partial charge in [-0.05, 0) is 25.5 Å². The predicted molar refractivity (Wildman–Crippen MR) is 65.4 cm³/mol. The molecule has 0 fully saturated rings. The Balaban J connectivity index is 3.07. The average molecular weight is 232 g/mol. The lowest BCUT2D eigenvalue weighted by Crippen LogP contribution is -2.16. The summed E-state index contributed by atoms with van der Waals surface area (Å²) in [7, 11) is 0. The van der Waals surface area contributed by atoms with Gasteiger partial charge in [0.25, 0.3) is 0 Å². The maximum absolute atomic E-state index is 12.1. The second kappa shape index (κ2) is 3.62. The van der Waals surface area contributed by atoms with E-state index in [2.05, 4.69) is 4.98 Å². The number of carboxylic acid groups (broad SMARTS) is 1. The Bertz CT molecular complexity index is 686. The number of nitrogen functional groups attached to an aromatic ring is 1. The summed E-state index contributed by atoms with van der Waals surface area (Å²) in [5.41, 5.74) is 7.07. The molecule has 0 spiro atoms. The number of aryl methyl sites for hydroxylation is 1. The van der Waals surface area contributed by atoms with Crippen LogP contribution in [0.3, 0.4) is 0 Å². The second-order valence-corrected chi connectivity index (χ2v) is 3.98. The first kappa shape index (κ1) is 11.2. The standard InChI is InChI=1S/C12H12N2O3/c1-5-3-4-7(13)10-8(5)11(15)6(2)9(14-10)12(16)17/h3-4H,13H2,1-2H3,(H,14,15)(H,16,17). The molecule has 0 atom stereocenters. The van der Waals surface area contributed by atoms with Gasteiger partial charge in [0.05, 0.1) is 16.6 Å². The fourth-order valence-electron chi connectivity index (χ4n) is 1.88. The molecule has 1 heterocycles. The van der Waals surface area contributed by atoms with E-state index in [1.807, 2.05) is 0 Å². The van der Waals surface area contributed by atoms with Gasteiger partial charge in [-0.25, -0.2) is 4.79 Å². The largest absolute Gasteiger partial charge is 0.477 e. The topological polar surface area (TPSA) is 96.2 Å². The van der Waals surface area contributed by atoms with E-state index in [1.165, 1.54) is 6.92 Å². The van der Waals surface area contributed by atoms with Crippen molar-refractivity contribution in [3.05, 3.63) is 39.2 Å². The molecule has 5 heteroatoms. The number of nitrogens with two attached hydrogens (primary N) is 1. The number of H-pyrrole nitrogens is 1. The number of pyridine rings is 1. The van der Waals surface area contributed by atoms with Crippen LogP contribution >= 0.6 is 0 Å². The Morgan fingerprint density at radius 1 is 1.35 bits per heavy atom. The summed E-state index contributed by atoms with van der Waals surface area (Å²) in [5, 5.41) is 9.45. The first-order chi connectivity index (χ1) is 7.93. The molecular formula is C12H12N2O3. The summed E-state index contributed by atoms with van der Waals surface area (Å²) < 4.78 is 0. The van der Waals surface area contributed by atoms with Crippen molar-refractivity contribution in [3.63, 3.8) is 0 Å². The molecule has 0 bridgehead atoms. The summed E-state index contributed by atoms with van der Waals surface area (Å²) in [5.74, 6) is -1.16. The van der Waals surface area contributed by atoms with Crippen molar-refractivity contribution in [2.45, 2.75) is 13.8 Å². The number of anilines is 1.